The number of aromatic carboxylic acids is 1. The Balaban J connectivity index is 1.06. The molecule has 1 saturated heterocycles. The Morgan fingerprint density at radius 3 is 2.46 bits per heavy atom. The van der Waals surface area contributed by atoms with Gasteiger partial charge >= 0.3 is 11.7 Å². The van der Waals surface area contributed by atoms with Crippen molar-refractivity contribution in [1.29, 1.82) is 0 Å². The molecule has 1 atom stereocenters. The predicted molar refractivity (Wildman–Crippen MR) is 176 cm³/mol. The van der Waals surface area contributed by atoms with Crippen molar-refractivity contribution >= 4 is 34.1 Å². The molecule has 4 aromatic rings. The summed E-state index contributed by atoms with van der Waals surface area (Å²) in [5.41, 5.74) is 2.20. The fourth-order valence-electron chi connectivity index (χ4n) is 6.31. The molecule has 2 aromatic carbocycles. The lowest BCUT2D eigenvalue weighted by atomic mass is 10.1. The number of nitrogens with zero attached hydrogens (tertiary/aromatic N) is 4. The van der Waals surface area contributed by atoms with Gasteiger partial charge in [-0.15, -0.1) is 0 Å². The van der Waals surface area contributed by atoms with Crippen molar-refractivity contribution in [3.05, 3.63) is 96.2 Å². The summed E-state index contributed by atoms with van der Waals surface area (Å²) in [7, 11) is 0. The van der Waals surface area contributed by atoms with Gasteiger partial charge in [0.05, 0.1) is 11.2 Å². The second kappa shape index (κ2) is 12.6. The maximum Gasteiger partial charge on any atom is 0.341 e. The van der Waals surface area contributed by atoms with Crippen molar-refractivity contribution in [3.8, 4) is 0 Å². The van der Waals surface area contributed by atoms with E-state index < -0.39 is 22.9 Å². The van der Waals surface area contributed by atoms with E-state index in [1.54, 1.807) is 6.07 Å². The molecular weight excluding hydrogens is 591 g/mol. The maximum atomic E-state index is 15.4. The lowest BCUT2D eigenvalue weighted by Crippen LogP contribution is -2.52. The van der Waals surface area contributed by atoms with E-state index in [2.05, 4.69) is 22.1 Å². The number of rotatable bonds is 10. The van der Waals surface area contributed by atoms with Gasteiger partial charge in [-0.2, -0.15) is 0 Å². The molecule has 2 aliphatic rings. The second-order valence-electron chi connectivity index (χ2n) is 12.6. The highest BCUT2D eigenvalue weighted by molar-refractivity contribution is 5.93. The number of halogens is 1. The fraction of sp³-hybridized carbons (Fsp3) is 0.412. The Labute approximate surface area is 264 Å². The number of piperazine rings is 1. The lowest BCUT2D eigenvalue weighted by molar-refractivity contribution is 0.0694. The van der Waals surface area contributed by atoms with Crippen LogP contribution in [-0.4, -0.2) is 62.3 Å². The van der Waals surface area contributed by atoms with E-state index in [4.69, 9.17) is 0 Å². The summed E-state index contributed by atoms with van der Waals surface area (Å²) in [5, 5.41) is 12.7. The number of anilines is 3. The zero-order valence-corrected chi connectivity index (χ0v) is 26.3. The first kappa shape index (κ1) is 31.3. The molecule has 0 radical (unpaired) electrons. The van der Waals surface area contributed by atoms with Crippen LogP contribution in [0, 0.1) is 19.7 Å². The average molecular weight is 631 g/mol. The molecule has 2 fully saturated rings. The highest BCUT2D eigenvalue weighted by Gasteiger charge is 2.29. The summed E-state index contributed by atoms with van der Waals surface area (Å²) in [4.78, 5) is 57.0. The summed E-state index contributed by atoms with van der Waals surface area (Å²) in [5.74, 6) is -1.50. The first-order chi connectivity index (χ1) is 22.0. The number of H-pyrrole nitrogens is 1. The van der Waals surface area contributed by atoms with Gasteiger partial charge in [-0.05, 0) is 88.4 Å². The van der Waals surface area contributed by atoms with Crippen LogP contribution >= 0.6 is 0 Å². The molecule has 1 saturated carbocycles. The third-order valence-corrected chi connectivity index (χ3v) is 9.26. The molecular formula is C34H39FN6O5. The van der Waals surface area contributed by atoms with Crippen molar-refractivity contribution in [2.75, 3.05) is 36.4 Å². The van der Waals surface area contributed by atoms with Gasteiger partial charge in [0.2, 0.25) is 5.43 Å². The van der Waals surface area contributed by atoms with Gasteiger partial charge in [-0.3, -0.25) is 24.0 Å². The molecule has 6 rings (SSSR count). The van der Waals surface area contributed by atoms with Crippen LogP contribution in [0.4, 0.5) is 21.6 Å². The number of hydrogen-bond acceptors (Lipinski definition) is 7. The second-order valence-corrected chi connectivity index (χ2v) is 12.6. The Morgan fingerprint density at radius 2 is 1.78 bits per heavy atom. The zero-order chi connectivity index (χ0) is 32.7. The van der Waals surface area contributed by atoms with Crippen LogP contribution in [0.25, 0.3) is 10.9 Å². The van der Waals surface area contributed by atoms with E-state index in [-0.39, 0.29) is 28.6 Å². The molecule has 0 bridgehead atoms. The highest BCUT2D eigenvalue weighted by atomic mass is 19.1. The van der Waals surface area contributed by atoms with Crippen LogP contribution in [0.3, 0.4) is 0 Å². The number of nitrogens with one attached hydrogen (secondary N) is 2. The van der Waals surface area contributed by atoms with E-state index in [1.165, 1.54) is 22.9 Å². The number of aromatic amines is 1. The van der Waals surface area contributed by atoms with Crippen LogP contribution in [0.15, 0.2) is 57.0 Å². The van der Waals surface area contributed by atoms with E-state index >= 15 is 4.39 Å². The number of aromatic nitrogens is 3. The standard InChI is InChI=1S/C34H39FN6O5/c1-20-6-7-23(14-21(20)2)36-30-17-31(42)40(34(46)37-30)11-5-4-10-38-12-13-39(18-22(38)3)29-16-28-25(15-27(29)35)32(43)26(33(44)45)19-41(28)24-8-9-24/h6-7,14-17,19,22,24,36H,4-5,8-13,18H2,1-3H3,(H,37,46)(H,44,45)/t22-/m1/s1. The first-order valence-corrected chi connectivity index (χ1v) is 15.8. The summed E-state index contributed by atoms with van der Waals surface area (Å²) in [6.45, 7) is 9.05. The molecule has 0 spiro atoms. The summed E-state index contributed by atoms with van der Waals surface area (Å²) >= 11 is 0. The molecule has 3 N–H and O–H groups in total. The Morgan fingerprint density at radius 1 is 1.02 bits per heavy atom. The van der Waals surface area contributed by atoms with Crippen LogP contribution < -0.4 is 26.9 Å². The molecule has 0 unspecified atom stereocenters. The third kappa shape index (κ3) is 6.34. The smallest absolute Gasteiger partial charge is 0.341 e. The number of pyridine rings is 1. The number of carbonyl (C=O) groups is 1. The average Bonchev–Trinajstić information content (AvgIpc) is 3.84. The molecule has 3 heterocycles. The summed E-state index contributed by atoms with van der Waals surface area (Å²) in [6, 6.07) is 10.3. The first-order valence-electron chi connectivity index (χ1n) is 15.8. The monoisotopic (exact) mass is 630 g/mol. The Kier molecular flexibility index (Phi) is 8.56. The number of aryl methyl sites for hydroxylation is 2. The number of carboxylic acids is 1. The molecule has 12 heteroatoms. The SMILES string of the molecule is Cc1ccc(Nc2cc(=O)n(CCCCN3CCN(c4cc5c(cc4F)c(=O)c(C(=O)O)cn5C4CC4)C[C@H]3C)c(=O)[nH]2)cc1C. The molecule has 242 valence electrons. The minimum absolute atomic E-state index is 0.0879. The largest absolute Gasteiger partial charge is 0.477 e. The summed E-state index contributed by atoms with van der Waals surface area (Å²) in [6.07, 6.45) is 4.60. The van der Waals surface area contributed by atoms with Crippen molar-refractivity contribution < 1.29 is 14.3 Å². The number of unbranched alkanes of at least 4 members (excludes halogenated alkanes) is 1. The van der Waals surface area contributed by atoms with Gasteiger partial charge in [-0.25, -0.2) is 14.0 Å². The molecule has 11 nitrogen and oxygen atoms in total. The topological polar surface area (TPSA) is 133 Å². The normalized spacial score (nSPS) is 17.0. The van der Waals surface area contributed by atoms with Crippen LogP contribution in [0.2, 0.25) is 0 Å². The van der Waals surface area contributed by atoms with Gasteiger partial charge in [-0.1, -0.05) is 6.07 Å². The zero-order valence-electron chi connectivity index (χ0n) is 26.3. The number of carboxylic acid groups (broad SMARTS) is 1. The van der Waals surface area contributed by atoms with Gasteiger partial charge in [0.1, 0.15) is 17.2 Å². The van der Waals surface area contributed by atoms with Gasteiger partial charge < -0.3 is 19.9 Å². The maximum absolute atomic E-state index is 15.4. The van der Waals surface area contributed by atoms with Crippen LogP contribution in [0.5, 0.6) is 0 Å². The number of benzene rings is 2. The van der Waals surface area contributed by atoms with E-state index in [1.807, 2.05) is 41.5 Å². The highest BCUT2D eigenvalue weighted by Crippen LogP contribution is 2.38. The van der Waals surface area contributed by atoms with Crippen LogP contribution in [-0.2, 0) is 6.54 Å². The summed E-state index contributed by atoms with van der Waals surface area (Å²) < 4.78 is 18.5. The minimum Gasteiger partial charge on any atom is -0.477 e. The predicted octanol–water partition coefficient (Wildman–Crippen LogP) is 4.38. The van der Waals surface area contributed by atoms with Gasteiger partial charge in [0, 0.05) is 61.6 Å². The van der Waals surface area contributed by atoms with Crippen molar-refractivity contribution in [2.24, 2.45) is 0 Å². The Bertz CT molecular complexity index is 1960. The quantitative estimate of drug-likeness (QED) is 0.220. The molecule has 46 heavy (non-hydrogen) atoms. The minimum atomic E-state index is -1.31. The molecule has 1 aliphatic heterocycles. The van der Waals surface area contributed by atoms with E-state index in [0.717, 1.165) is 42.6 Å². The molecule has 0 amide bonds. The fourth-order valence-corrected chi connectivity index (χ4v) is 6.31. The van der Waals surface area contributed by atoms with Crippen molar-refractivity contribution in [2.45, 2.75) is 65.1 Å². The van der Waals surface area contributed by atoms with Gasteiger partial charge in [0.25, 0.3) is 5.56 Å². The lowest BCUT2D eigenvalue weighted by Gasteiger charge is -2.41. The van der Waals surface area contributed by atoms with Crippen LogP contribution in [0.1, 0.15) is 60.1 Å². The molecule has 1 aliphatic carbocycles. The van der Waals surface area contributed by atoms with Gasteiger partial charge in [0.15, 0.2) is 0 Å². The van der Waals surface area contributed by atoms with E-state index in [9.17, 15) is 24.3 Å². The third-order valence-electron chi connectivity index (χ3n) is 9.26. The van der Waals surface area contributed by atoms with E-state index in [0.29, 0.717) is 49.6 Å². The van der Waals surface area contributed by atoms with Crippen molar-refractivity contribution in [3.63, 3.8) is 0 Å². The number of fused-ring (bicyclic) bond motifs is 1. The Hall–Kier alpha value is -4.71. The van der Waals surface area contributed by atoms with Crippen molar-refractivity contribution in [1.82, 2.24) is 19.0 Å². The number of hydrogen-bond donors (Lipinski definition) is 3. The molecule has 2 aromatic heterocycles.